The fourth-order valence-electron chi connectivity index (χ4n) is 4.39. The van der Waals surface area contributed by atoms with E-state index in [1.807, 2.05) is 24.3 Å². The molecule has 0 unspecified atom stereocenters. The van der Waals surface area contributed by atoms with Crippen LogP contribution in [0.1, 0.15) is 30.1 Å². The molecule has 2 aromatic rings. The molecule has 8 heteroatoms. The molecule has 1 spiro atoms. The zero-order valence-corrected chi connectivity index (χ0v) is 17.8. The average molecular weight is 429 g/mol. The number of carbonyl (C=O) groups excluding carboxylic acids is 2. The normalized spacial score (nSPS) is 17.4. The van der Waals surface area contributed by atoms with Crippen molar-refractivity contribution in [2.24, 2.45) is 0 Å². The molecular formula is C22H25ClN4O3. The predicted molar refractivity (Wildman–Crippen MR) is 117 cm³/mol. The Balaban J connectivity index is 1.50. The van der Waals surface area contributed by atoms with Gasteiger partial charge in [-0.1, -0.05) is 23.7 Å². The Kier molecular flexibility index (Phi) is 5.47. The first-order valence-corrected chi connectivity index (χ1v) is 10.4. The molecule has 7 nitrogen and oxygen atoms in total. The molecule has 2 aliphatic rings. The average Bonchev–Trinajstić information content (AvgIpc) is 2.74. The standard InChI is InChI=1S/C22H25ClN4O3/c1-3-27-18-14-15(23)8-9-16(18)20(28)25-22(27)10-12-26(13-11-22)21(29)24-17-6-4-5-7-19(17)30-2/h4-9,14H,3,10-13H2,1-2H3,(H,24,29)(H,25,28). The lowest BCUT2D eigenvalue weighted by Gasteiger charge is -2.52. The third-order valence-corrected chi connectivity index (χ3v) is 6.14. The number of carbonyl (C=O) groups is 2. The molecule has 158 valence electrons. The second-order valence-electron chi connectivity index (χ2n) is 7.51. The van der Waals surface area contributed by atoms with Crippen molar-refractivity contribution in [3.05, 3.63) is 53.1 Å². The maximum Gasteiger partial charge on any atom is 0.321 e. The summed E-state index contributed by atoms with van der Waals surface area (Å²) in [5.41, 5.74) is 1.59. The number of likely N-dealkylation sites (tertiary alicyclic amines) is 1. The van der Waals surface area contributed by atoms with Crippen LogP contribution < -0.4 is 20.3 Å². The van der Waals surface area contributed by atoms with Crippen molar-refractivity contribution in [1.82, 2.24) is 10.2 Å². The van der Waals surface area contributed by atoms with Gasteiger partial charge >= 0.3 is 6.03 Å². The van der Waals surface area contributed by atoms with Crippen LogP contribution in [-0.2, 0) is 0 Å². The number of ether oxygens (including phenoxy) is 1. The summed E-state index contributed by atoms with van der Waals surface area (Å²) in [4.78, 5) is 29.5. The van der Waals surface area contributed by atoms with Crippen LogP contribution in [0.15, 0.2) is 42.5 Å². The van der Waals surface area contributed by atoms with E-state index in [1.165, 1.54) is 0 Å². The van der Waals surface area contributed by atoms with Gasteiger partial charge < -0.3 is 25.2 Å². The smallest absolute Gasteiger partial charge is 0.321 e. The van der Waals surface area contributed by atoms with Crippen molar-refractivity contribution in [3.63, 3.8) is 0 Å². The Labute approximate surface area is 180 Å². The molecule has 0 atom stereocenters. The molecule has 2 N–H and O–H groups in total. The second-order valence-corrected chi connectivity index (χ2v) is 7.95. The number of hydrogen-bond acceptors (Lipinski definition) is 4. The molecule has 0 bridgehead atoms. The molecule has 0 saturated carbocycles. The quantitative estimate of drug-likeness (QED) is 0.776. The maximum atomic E-state index is 12.8. The number of hydrogen-bond donors (Lipinski definition) is 2. The van der Waals surface area contributed by atoms with Crippen molar-refractivity contribution in [2.75, 3.05) is 37.0 Å². The minimum atomic E-state index is -0.523. The summed E-state index contributed by atoms with van der Waals surface area (Å²) in [6, 6.07) is 12.5. The number of fused-ring (bicyclic) bond motifs is 1. The van der Waals surface area contributed by atoms with Crippen molar-refractivity contribution >= 4 is 34.9 Å². The molecule has 0 aromatic heterocycles. The van der Waals surface area contributed by atoms with Gasteiger partial charge in [-0.2, -0.15) is 0 Å². The number of anilines is 2. The number of halogens is 1. The molecular weight excluding hydrogens is 404 g/mol. The van der Waals surface area contributed by atoms with Crippen molar-refractivity contribution in [3.8, 4) is 5.75 Å². The Morgan fingerprint density at radius 3 is 2.67 bits per heavy atom. The van der Waals surface area contributed by atoms with Gasteiger partial charge in [-0.25, -0.2) is 4.79 Å². The monoisotopic (exact) mass is 428 g/mol. The predicted octanol–water partition coefficient (Wildman–Crippen LogP) is 3.94. The Morgan fingerprint density at radius 1 is 1.23 bits per heavy atom. The van der Waals surface area contributed by atoms with Gasteiger partial charge in [0.1, 0.15) is 11.4 Å². The van der Waals surface area contributed by atoms with Crippen molar-refractivity contribution < 1.29 is 14.3 Å². The molecule has 2 aliphatic heterocycles. The van der Waals surface area contributed by atoms with Crippen LogP contribution in [0.4, 0.5) is 16.2 Å². The fraction of sp³-hybridized carbons (Fsp3) is 0.364. The van der Waals surface area contributed by atoms with Gasteiger partial charge in [0.25, 0.3) is 5.91 Å². The van der Waals surface area contributed by atoms with E-state index in [2.05, 4.69) is 22.5 Å². The van der Waals surface area contributed by atoms with Gasteiger partial charge in [0.05, 0.1) is 24.0 Å². The lowest BCUT2D eigenvalue weighted by molar-refractivity contribution is 0.0808. The van der Waals surface area contributed by atoms with E-state index in [9.17, 15) is 9.59 Å². The van der Waals surface area contributed by atoms with E-state index in [-0.39, 0.29) is 11.9 Å². The first-order chi connectivity index (χ1) is 14.5. The van der Waals surface area contributed by atoms with Gasteiger partial charge in [-0.05, 0) is 37.3 Å². The zero-order chi connectivity index (χ0) is 21.3. The third-order valence-electron chi connectivity index (χ3n) is 5.90. The van der Waals surface area contributed by atoms with Crippen LogP contribution >= 0.6 is 11.6 Å². The van der Waals surface area contributed by atoms with E-state index in [4.69, 9.17) is 16.3 Å². The Bertz CT molecular complexity index is 973. The van der Waals surface area contributed by atoms with Crippen LogP contribution in [0.25, 0.3) is 0 Å². The summed E-state index contributed by atoms with van der Waals surface area (Å²) in [6.07, 6.45) is 1.25. The molecule has 1 saturated heterocycles. The highest BCUT2D eigenvalue weighted by molar-refractivity contribution is 6.31. The highest BCUT2D eigenvalue weighted by Crippen LogP contribution is 2.38. The van der Waals surface area contributed by atoms with Gasteiger partial charge in [-0.15, -0.1) is 0 Å². The lowest BCUT2D eigenvalue weighted by atomic mass is 9.90. The molecule has 2 aromatic carbocycles. The number of methoxy groups -OCH3 is 1. The zero-order valence-electron chi connectivity index (χ0n) is 17.1. The Morgan fingerprint density at radius 2 is 1.97 bits per heavy atom. The number of rotatable bonds is 3. The van der Waals surface area contributed by atoms with E-state index in [0.717, 1.165) is 12.2 Å². The summed E-state index contributed by atoms with van der Waals surface area (Å²) in [5.74, 6) is 0.516. The lowest BCUT2D eigenvalue weighted by Crippen LogP contribution is -2.68. The summed E-state index contributed by atoms with van der Waals surface area (Å²) in [6.45, 7) is 3.83. The summed E-state index contributed by atoms with van der Waals surface area (Å²) in [5, 5.41) is 6.73. The maximum absolute atomic E-state index is 12.8. The largest absolute Gasteiger partial charge is 0.495 e. The van der Waals surface area contributed by atoms with Crippen molar-refractivity contribution in [1.29, 1.82) is 0 Å². The number of amides is 3. The summed E-state index contributed by atoms with van der Waals surface area (Å²) in [7, 11) is 1.57. The van der Waals surface area contributed by atoms with Crippen LogP contribution in [0.5, 0.6) is 5.75 Å². The van der Waals surface area contributed by atoms with Crippen LogP contribution in [0.2, 0.25) is 5.02 Å². The molecule has 0 radical (unpaired) electrons. The highest BCUT2D eigenvalue weighted by Gasteiger charge is 2.45. The third kappa shape index (κ3) is 3.54. The van der Waals surface area contributed by atoms with Gasteiger partial charge in [0.2, 0.25) is 0 Å². The number of nitrogens with one attached hydrogen (secondary N) is 2. The number of para-hydroxylation sites is 2. The van der Waals surface area contributed by atoms with Gasteiger partial charge in [0.15, 0.2) is 0 Å². The van der Waals surface area contributed by atoms with E-state index >= 15 is 0 Å². The van der Waals surface area contributed by atoms with E-state index < -0.39 is 5.66 Å². The fourth-order valence-corrected chi connectivity index (χ4v) is 4.55. The van der Waals surface area contributed by atoms with E-state index in [0.29, 0.717) is 48.0 Å². The van der Waals surface area contributed by atoms with Crippen LogP contribution in [0.3, 0.4) is 0 Å². The number of piperidine rings is 1. The van der Waals surface area contributed by atoms with Crippen LogP contribution in [0, 0.1) is 0 Å². The van der Waals surface area contributed by atoms with Gasteiger partial charge in [-0.3, -0.25) is 4.79 Å². The second kappa shape index (κ2) is 8.07. The molecule has 3 amide bonds. The van der Waals surface area contributed by atoms with Crippen LogP contribution in [-0.4, -0.2) is 49.2 Å². The SMILES string of the molecule is CCN1c2cc(Cl)ccc2C(=O)NC12CCN(C(=O)Nc1ccccc1OC)CC2. The molecule has 30 heavy (non-hydrogen) atoms. The van der Waals surface area contributed by atoms with Crippen molar-refractivity contribution in [2.45, 2.75) is 25.4 Å². The van der Waals surface area contributed by atoms with Gasteiger partial charge in [0, 0.05) is 37.5 Å². The summed E-state index contributed by atoms with van der Waals surface area (Å²) < 4.78 is 5.31. The highest BCUT2D eigenvalue weighted by atomic mass is 35.5. The molecule has 2 heterocycles. The molecule has 4 rings (SSSR count). The molecule has 1 fully saturated rings. The topological polar surface area (TPSA) is 73.9 Å². The first kappa shape index (κ1) is 20.3. The Hall–Kier alpha value is -2.93. The minimum absolute atomic E-state index is 0.0988. The number of nitrogens with zero attached hydrogens (tertiary/aromatic N) is 2. The minimum Gasteiger partial charge on any atom is -0.495 e. The first-order valence-electron chi connectivity index (χ1n) is 10.1. The number of benzene rings is 2. The molecule has 0 aliphatic carbocycles. The van der Waals surface area contributed by atoms with E-state index in [1.54, 1.807) is 30.2 Å². The number of urea groups is 1. The summed E-state index contributed by atoms with van der Waals surface area (Å²) >= 11 is 6.21.